The van der Waals surface area contributed by atoms with Crippen molar-refractivity contribution < 1.29 is 0 Å². The molecule has 0 atom stereocenters. The van der Waals surface area contributed by atoms with Gasteiger partial charge in [0.25, 0.3) is 0 Å². The van der Waals surface area contributed by atoms with Gasteiger partial charge in [-0.15, -0.1) is 0 Å². The van der Waals surface area contributed by atoms with E-state index in [9.17, 15) is 4.79 Å². The fraction of sp³-hybridized carbons (Fsp3) is 0.0263. The van der Waals surface area contributed by atoms with Crippen molar-refractivity contribution in [2.45, 2.75) is 0 Å². The Morgan fingerprint density at radius 3 is 1.69 bits per heavy atom. The number of para-hydroxylation sites is 1. The van der Waals surface area contributed by atoms with Gasteiger partial charge in [0.1, 0.15) is 0 Å². The molecule has 7 nitrogen and oxygen atoms in total. The molecular formula is C38H26N6O. The molecule has 0 saturated heterocycles. The summed E-state index contributed by atoms with van der Waals surface area (Å²) in [5, 5.41) is 0.981. The van der Waals surface area contributed by atoms with E-state index in [1.54, 1.807) is 22.4 Å². The zero-order chi connectivity index (χ0) is 30.3. The summed E-state index contributed by atoms with van der Waals surface area (Å²) in [7, 11) is 1.80. The minimum atomic E-state index is -0.118. The molecule has 0 amide bonds. The van der Waals surface area contributed by atoms with Crippen LogP contribution in [-0.4, -0.2) is 29.1 Å². The Morgan fingerprint density at radius 1 is 0.511 bits per heavy atom. The van der Waals surface area contributed by atoms with Crippen LogP contribution in [0.5, 0.6) is 0 Å². The van der Waals surface area contributed by atoms with Crippen LogP contribution < -0.4 is 5.69 Å². The second-order valence-electron chi connectivity index (χ2n) is 10.9. The fourth-order valence-corrected chi connectivity index (χ4v) is 5.70. The van der Waals surface area contributed by atoms with Crippen molar-refractivity contribution >= 4 is 21.9 Å². The van der Waals surface area contributed by atoms with Crippen molar-refractivity contribution in [3.8, 4) is 51.0 Å². The van der Waals surface area contributed by atoms with E-state index in [0.29, 0.717) is 17.5 Å². The van der Waals surface area contributed by atoms with Crippen molar-refractivity contribution in [1.82, 2.24) is 29.1 Å². The zero-order valence-electron chi connectivity index (χ0n) is 24.4. The van der Waals surface area contributed by atoms with Gasteiger partial charge >= 0.3 is 5.69 Å². The molecule has 0 saturated carbocycles. The van der Waals surface area contributed by atoms with E-state index in [4.69, 9.17) is 15.0 Å². The van der Waals surface area contributed by atoms with Gasteiger partial charge in [0.15, 0.2) is 17.5 Å². The smallest absolute Gasteiger partial charge is 0.295 e. The zero-order valence-corrected chi connectivity index (χ0v) is 24.4. The highest BCUT2D eigenvalue weighted by atomic mass is 16.1. The average molecular weight is 583 g/mol. The van der Waals surface area contributed by atoms with E-state index >= 15 is 0 Å². The summed E-state index contributed by atoms with van der Waals surface area (Å²) in [5.41, 5.74) is 7.92. The summed E-state index contributed by atoms with van der Waals surface area (Å²) in [6, 6.07) is 44.1. The predicted octanol–water partition coefficient (Wildman–Crippen LogP) is 7.73. The first-order valence-corrected chi connectivity index (χ1v) is 14.7. The largest absolute Gasteiger partial charge is 0.333 e. The molecule has 0 radical (unpaired) electrons. The highest BCUT2D eigenvalue weighted by molar-refractivity contribution is 5.86. The van der Waals surface area contributed by atoms with Crippen LogP contribution >= 0.6 is 0 Å². The van der Waals surface area contributed by atoms with Gasteiger partial charge in [-0.25, -0.2) is 19.7 Å². The number of hydrogen-bond acceptors (Lipinski definition) is 5. The van der Waals surface area contributed by atoms with Gasteiger partial charge in [-0.1, -0.05) is 109 Å². The Hall–Kier alpha value is -6.21. The lowest BCUT2D eigenvalue weighted by atomic mass is 10.0. The van der Waals surface area contributed by atoms with Gasteiger partial charge in [0.2, 0.25) is 0 Å². The summed E-state index contributed by atoms with van der Waals surface area (Å²) in [5.74, 6) is 1.85. The number of imidazole rings is 1. The fourth-order valence-electron chi connectivity index (χ4n) is 5.70. The number of nitrogens with zero attached hydrogens (tertiary/aromatic N) is 6. The molecule has 7 heteroatoms. The maximum absolute atomic E-state index is 13.4. The van der Waals surface area contributed by atoms with Crippen LogP contribution in [0.1, 0.15) is 0 Å². The third kappa shape index (κ3) is 4.77. The Labute approximate surface area is 258 Å². The third-order valence-electron chi connectivity index (χ3n) is 8.07. The molecule has 0 aliphatic rings. The molecule has 0 spiro atoms. The maximum atomic E-state index is 13.4. The standard InChI is InChI=1S/C38H26N6O/c1-43-33-21-20-29(23-34(33)44(38(43)45)31-22-30-14-8-9-15-32(30)39-24-31)25-16-18-28(19-17-25)37-41-35(26-10-4-2-5-11-26)40-36(42-37)27-12-6-3-7-13-27/h2-24H,1H3. The van der Waals surface area contributed by atoms with Gasteiger partial charge in [-0.2, -0.15) is 0 Å². The summed E-state index contributed by atoms with van der Waals surface area (Å²) in [6.45, 7) is 0. The molecule has 0 fully saturated rings. The van der Waals surface area contributed by atoms with Crippen LogP contribution in [0.2, 0.25) is 0 Å². The number of pyridine rings is 1. The van der Waals surface area contributed by atoms with Crippen LogP contribution in [0.4, 0.5) is 0 Å². The van der Waals surface area contributed by atoms with E-state index in [0.717, 1.165) is 55.4 Å². The molecule has 5 aromatic carbocycles. The van der Waals surface area contributed by atoms with Crippen LogP contribution in [0.15, 0.2) is 144 Å². The second kappa shape index (κ2) is 10.8. The minimum Gasteiger partial charge on any atom is -0.295 e. The third-order valence-corrected chi connectivity index (χ3v) is 8.07. The van der Waals surface area contributed by atoms with Gasteiger partial charge in [0.05, 0.1) is 28.4 Å². The molecule has 3 aromatic heterocycles. The minimum absolute atomic E-state index is 0.118. The maximum Gasteiger partial charge on any atom is 0.333 e. The summed E-state index contributed by atoms with van der Waals surface area (Å²) >= 11 is 0. The topological polar surface area (TPSA) is 78.5 Å². The number of fused-ring (bicyclic) bond motifs is 2. The summed E-state index contributed by atoms with van der Waals surface area (Å²) in [4.78, 5) is 32.5. The molecule has 8 aromatic rings. The van der Waals surface area contributed by atoms with Crippen molar-refractivity contribution in [2.24, 2.45) is 7.05 Å². The SMILES string of the molecule is Cn1c(=O)n(-c2cnc3ccccc3c2)c2cc(-c3ccc(-c4nc(-c5ccccc5)nc(-c5ccccc5)n4)cc3)ccc21. The molecule has 214 valence electrons. The number of aryl methyl sites for hydroxylation is 1. The van der Waals surface area contributed by atoms with Gasteiger partial charge in [0, 0.05) is 29.1 Å². The highest BCUT2D eigenvalue weighted by Crippen LogP contribution is 2.29. The Bertz CT molecular complexity index is 2340. The van der Waals surface area contributed by atoms with E-state index < -0.39 is 0 Å². The quantitative estimate of drug-likeness (QED) is 0.208. The normalized spacial score (nSPS) is 11.3. The van der Waals surface area contributed by atoms with Crippen molar-refractivity contribution in [2.75, 3.05) is 0 Å². The summed E-state index contributed by atoms with van der Waals surface area (Å²) in [6.07, 6.45) is 1.76. The first-order valence-electron chi connectivity index (χ1n) is 14.7. The van der Waals surface area contributed by atoms with E-state index in [1.165, 1.54) is 0 Å². The number of benzene rings is 5. The molecule has 0 bridgehead atoms. The Morgan fingerprint density at radius 2 is 1.04 bits per heavy atom. The molecule has 8 rings (SSSR count). The molecular weight excluding hydrogens is 556 g/mol. The van der Waals surface area contributed by atoms with Crippen LogP contribution in [0.25, 0.3) is 72.9 Å². The first kappa shape index (κ1) is 26.4. The molecule has 0 aliphatic heterocycles. The highest BCUT2D eigenvalue weighted by Gasteiger charge is 2.16. The molecule has 3 heterocycles. The molecule has 0 aliphatic carbocycles. The van der Waals surface area contributed by atoms with Gasteiger partial charge < -0.3 is 0 Å². The van der Waals surface area contributed by atoms with Gasteiger partial charge in [-0.3, -0.25) is 14.1 Å². The van der Waals surface area contributed by atoms with Crippen molar-refractivity contribution in [1.29, 1.82) is 0 Å². The Kier molecular flexibility index (Phi) is 6.35. The lowest BCUT2D eigenvalue weighted by Gasteiger charge is -2.09. The Balaban J connectivity index is 1.20. The number of hydrogen-bond donors (Lipinski definition) is 0. The number of aromatic nitrogens is 6. The lowest BCUT2D eigenvalue weighted by Crippen LogP contribution is -2.20. The van der Waals surface area contributed by atoms with Crippen molar-refractivity contribution in [3.05, 3.63) is 150 Å². The number of rotatable bonds is 5. The van der Waals surface area contributed by atoms with E-state index in [1.807, 2.05) is 115 Å². The predicted molar refractivity (Wildman–Crippen MR) is 179 cm³/mol. The van der Waals surface area contributed by atoms with E-state index in [2.05, 4.69) is 23.2 Å². The molecule has 0 unspecified atom stereocenters. The summed E-state index contributed by atoms with van der Waals surface area (Å²) < 4.78 is 3.40. The van der Waals surface area contributed by atoms with Crippen LogP contribution in [0.3, 0.4) is 0 Å². The van der Waals surface area contributed by atoms with Crippen molar-refractivity contribution in [3.63, 3.8) is 0 Å². The first-order chi connectivity index (χ1) is 22.1. The van der Waals surface area contributed by atoms with Crippen LogP contribution in [0, 0.1) is 0 Å². The monoisotopic (exact) mass is 582 g/mol. The molecule has 0 N–H and O–H groups in total. The van der Waals surface area contributed by atoms with Gasteiger partial charge in [-0.05, 0) is 35.4 Å². The molecule has 45 heavy (non-hydrogen) atoms. The van der Waals surface area contributed by atoms with Crippen LogP contribution in [-0.2, 0) is 7.05 Å². The lowest BCUT2D eigenvalue weighted by molar-refractivity contribution is 0.845. The average Bonchev–Trinajstić information content (AvgIpc) is 3.37. The van der Waals surface area contributed by atoms with E-state index in [-0.39, 0.29) is 5.69 Å². The second-order valence-corrected chi connectivity index (χ2v) is 10.9.